The molecule has 0 radical (unpaired) electrons. The number of rotatable bonds is 9. The maximum Gasteiger partial charge on any atom is 0.336 e. The molecule has 246 valence electrons. The smallest absolute Gasteiger partial charge is 0.336 e. The van der Waals surface area contributed by atoms with Crippen LogP contribution in [-0.2, 0) is 34.2 Å². The monoisotopic (exact) mass is 659 g/mol. The maximum absolute atomic E-state index is 7.51. The highest BCUT2D eigenvalue weighted by molar-refractivity contribution is 7.41. The molecule has 7 heteroatoms. The molecule has 0 aromatic heterocycles. The van der Waals surface area contributed by atoms with Gasteiger partial charge in [-0.2, -0.15) is 0 Å². The Morgan fingerprint density at radius 3 is 1.23 bits per heavy atom. The molecule has 2 saturated heterocycles. The Balaban J connectivity index is 1.53. The highest BCUT2D eigenvalue weighted by Crippen LogP contribution is 2.66. The molecule has 0 spiro atoms. The number of hydrogen-bond acceptors (Lipinski definition) is 6. The fourth-order valence-corrected chi connectivity index (χ4v) is 8.74. The van der Waals surface area contributed by atoms with E-state index < -0.39 is 43.9 Å². The van der Waals surface area contributed by atoms with Crippen LogP contribution in [0.15, 0.2) is 152 Å². The van der Waals surface area contributed by atoms with Crippen LogP contribution in [0.2, 0.25) is 0 Å². The Kier molecular flexibility index (Phi) is 9.34. The van der Waals surface area contributed by atoms with Gasteiger partial charge in [0.25, 0.3) is 0 Å². The molecule has 2 aliphatic rings. The number of fused-ring (bicyclic) bond motifs is 1. The number of nitrogens with one attached hydrogen (secondary N) is 1. The van der Waals surface area contributed by atoms with Crippen molar-refractivity contribution < 1.29 is 23.0 Å². The summed E-state index contributed by atoms with van der Waals surface area (Å²) in [5.74, 6) is -0.958. The van der Waals surface area contributed by atoms with Crippen LogP contribution < -0.4 is 5.32 Å². The lowest BCUT2D eigenvalue weighted by atomic mass is 9.72. The quantitative estimate of drug-likeness (QED) is 0.159. The first-order valence-corrected chi connectivity index (χ1v) is 17.6. The van der Waals surface area contributed by atoms with E-state index in [9.17, 15) is 0 Å². The van der Waals surface area contributed by atoms with Crippen molar-refractivity contribution in [1.82, 2.24) is 5.32 Å². The summed E-state index contributed by atoms with van der Waals surface area (Å²) in [5, 5.41) is 3.41. The second-order valence-electron chi connectivity index (χ2n) is 12.8. The molecule has 0 saturated carbocycles. The number of hydrogen-bond donors (Lipinski definition) is 1. The molecule has 7 rings (SSSR count). The summed E-state index contributed by atoms with van der Waals surface area (Å²) < 4.78 is 36.3. The molecule has 2 fully saturated rings. The van der Waals surface area contributed by atoms with Gasteiger partial charge >= 0.3 is 8.60 Å². The van der Waals surface area contributed by atoms with E-state index in [1.54, 1.807) is 0 Å². The Morgan fingerprint density at radius 1 is 0.562 bits per heavy atom. The summed E-state index contributed by atoms with van der Waals surface area (Å²) in [6, 6.07) is 51.2. The van der Waals surface area contributed by atoms with E-state index in [2.05, 4.69) is 72.9 Å². The zero-order valence-electron chi connectivity index (χ0n) is 27.7. The van der Waals surface area contributed by atoms with E-state index in [1.165, 1.54) is 0 Å². The number of benzene rings is 5. The third-order valence-electron chi connectivity index (χ3n) is 9.38. The van der Waals surface area contributed by atoms with E-state index in [4.69, 9.17) is 23.0 Å². The van der Waals surface area contributed by atoms with Crippen LogP contribution in [0.1, 0.15) is 54.7 Å². The van der Waals surface area contributed by atoms with Gasteiger partial charge in [-0.3, -0.25) is 9.05 Å². The first-order chi connectivity index (χ1) is 23.4. The van der Waals surface area contributed by atoms with Crippen molar-refractivity contribution >= 4 is 8.60 Å². The average Bonchev–Trinajstić information content (AvgIpc) is 3.42. The summed E-state index contributed by atoms with van der Waals surface area (Å²) in [6.45, 7) is 6.03. The highest BCUT2D eigenvalue weighted by Gasteiger charge is 2.67. The van der Waals surface area contributed by atoms with Gasteiger partial charge in [0.1, 0.15) is 18.3 Å². The zero-order chi connectivity index (χ0) is 33.2. The van der Waals surface area contributed by atoms with Gasteiger partial charge in [-0.05, 0) is 55.6 Å². The summed E-state index contributed by atoms with van der Waals surface area (Å²) in [6.07, 6.45) is -1.72. The highest BCUT2D eigenvalue weighted by atomic mass is 31.2. The van der Waals surface area contributed by atoms with Crippen molar-refractivity contribution in [2.75, 3.05) is 7.05 Å². The summed E-state index contributed by atoms with van der Waals surface area (Å²) in [4.78, 5) is 0. The number of likely N-dealkylation sites (N-methyl/N-ethyl adjacent to an activating group) is 1. The van der Waals surface area contributed by atoms with Crippen molar-refractivity contribution in [3.05, 3.63) is 179 Å². The molecule has 4 atom stereocenters. The van der Waals surface area contributed by atoms with Crippen LogP contribution in [0.25, 0.3) is 0 Å². The third kappa shape index (κ3) is 5.93. The molecular weight excluding hydrogens is 617 g/mol. The lowest BCUT2D eigenvalue weighted by molar-refractivity contribution is -0.177. The average molecular weight is 660 g/mol. The van der Waals surface area contributed by atoms with Gasteiger partial charge in [-0.15, -0.1) is 0 Å². The largest absolute Gasteiger partial charge is 0.341 e. The lowest BCUT2D eigenvalue weighted by Gasteiger charge is -2.41. The Morgan fingerprint density at radius 2 is 0.896 bits per heavy atom. The van der Waals surface area contributed by atoms with E-state index in [1.807, 2.05) is 112 Å². The third-order valence-corrected chi connectivity index (χ3v) is 10.7. The Hall–Kier alpha value is -3.71. The molecule has 2 aliphatic heterocycles. The molecule has 1 N–H and O–H groups in total. The molecule has 0 aliphatic carbocycles. The standard InChI is InChI=1S/C41H42NO5P/c1-30(42-4)36(31-20-10-5-11-21-31)45-48-46-40(32-22-12-6-13-23-32,33-24-14-7-15-25-33)37-38(44-39(2,3)43-37)41(47-48,34-26-16-8-17-27-34)35-28-18-9-19-29-35/h5-30,36-38,42H,1-4H3/t30-,36-,37+,38+/m0/s1. The first kappa shape index (κ1) is 32.8. The predicted octanol–water partition coefficient (Wildman–Crippen LogP) is 9.03. The minimum Gasteiger partial charge on any atom is -0.341 e. The second-order valence-corrected chi connectivity index (χ2v) is 13.9. The minimum absolute atomic E-state index is 0.0676. The van der Waals surface area contributed by atoms with Gasteiger partial charge < -0.3 is 19.3 Å². The molecule has 48 heavy (non-hydrogen) atoms. The van der Waals surface area contributed by atoms with E-state index in [-0.39, 0.29) is 6.04 Å². The fraction of sp³-hybridized carbons (Fsp3) is 0.268. The van der Waals surface area contributed by atoms with Crippen LogP contribution in [0.5, 0.6) is 0 Å². The van der Waals surface area contributed by atoms with Crippen molar-refractivity contribution in [2.45, 2.75) is 62.1 Å². The van der Waals surface area contributed by atoms with Crippen LogP contribution in [0, 0.1) is 0 Å². The molecule has 6 nitrogen and oxygen atoms in total. The lowest BCUT2D eigenvalue weighted by Crippen LogP contribution is -2.53. The minimum atomic E-state index is -2.13. The maximum atomic E-state index is 7.51. The van der Waals surface area contributed by atoms with E-state index >= 15 is 0 Å². The fourth-order valence-electron chi connectivity index (χ4n) is 7.03. The van der Waals surface area contributed by atoms with Crippen LogP contribution in [0.4, 0.5) is 0 Å². The van der Waals surface area contributed by atoms with E-state index in [0.29, 0.717) is 0 Å². The summed E-state index contributed by atoms with van der Waals surface area (Å²) in [5.41, 5.74) is 2.33. The SMILES string of the molecule is CN[C@@H](C)[C@H](OP1OC(c2ccccc2)(c2ccccc2)[C@@H]2OC(C)(C)O[C@H]2C(c2ccccc2)(c2ccccc2)O1)c1ccccc1. The molecule has 0 unspecified atom stereocenters. The van der Waals surface area contributed by atoms with Crippen molar-refractivity contribution in [2.24, 2.45) is 0 Å². The van der Waals surface area contributed by atoms with Crippen LogP contribution in [0.3, 0.4) is 0 Å². The zero-order valence-corrected chi connectivity index (χ0v) is 28.6. The van der Waals surface area contributed by atoms with Crippen molar-refractivity contribution in [3.63, 3.8) is 0 Å². The summed E-state index contributed by atoms with van der Waals surface area (Å²) in [7, 11) is -0.185. The van der Waals surface area contributed by atoms with Gasteiger partial charge in [0.2, 0.25) is 0 Å². The van der Waals surface area contributed by atoms with Crippen LogP contribution >= 0.6 is 8.60 Å². The van der Waals surface area contributed by atoms with Crippen LogP contribution in [-0.4, -0.2) is 31.1 Å². The van der Waals surface area contributed by atoms with Gasteiger partial charge in [-0.25, -0.2) is 0 Å². The first-order valence-electron chi connectivity index (χ1n) is 16.5. The Bertz CT molecular complexity index is 1580. The van der Waals surface area contributed by atoms with Gasteiger partial charge in [0.05, 0.1) is 0 Å². The topological polar surface area (TPSA) is 58.2 Å². The normalized spacial score (nSPS) is 22.7. The molecule has 0 bridgehead atoms. The predicted molar refractivity (Wildman–Crippen MR) is 189 cm³/mol. The molecule has 5 aromatic carbocycles. The Labute approximate surface area is 285 Å². The van der Waals surface area contributed by atoms with Gasteiger partial charge in [0.15, 0.2) is 17.0 Å². The van der Waals surface area contributed by atoms with E-state index in [0.717, 1.165) is 27.8 Å². The van der Waals surface area contributed by atoms with Crippen molar-refractivity contribution in [3.8, 4) is 0 Å². The molecule has 0 amide bonds. The number of ether oxygens (including phenoxy) is 2. The second kappa shape index (κ2) is 13.7. The summed E-state index contributed by atoms with van der Waals surface area (Å²) >= 11 is 0. The molecule has 2 heterocycles. The molecular formula is C41H42NO5P. The van der Waals surface area contributed by atoms with Crippen molar-refractivity contribution in [1.29, 1.82) is 0 Å². The van der Waals surface area contributed by atoms with Gasteiger partial charge in [0, 0.05) is 6.04 Å². The molecule has 5 aromatic rings. The van der Waals surface area contributed by atoms with Gasteiger partial charge in [-0.1, -0.05) is 152 Å².